The third-order valence-corrected chi connectivity index (χ3v) is 5.34. The number of aliphatic carboxylic acids is 1. The van der Waals surface area contributed by atoms with Gasteiger partial charge in [0.25, 0.3) is 0 Å². The van der Waals surface area contributed by atoms with E-state index in [2.05, 4.69) is 17.5 Å². The van der Waals surface area contributed by atoms with E-state index in [1.807, 2.05) is 17.0 Å². The van der Waals surface area contributed by atoms with Gasteiger partial charge < -0.3 is 21.1 Å². The summed E-state index contributed by atoms with van der Waals surface area (Å²) in [6.45, 7) is 4.97. The molecule has 0 bridgehead atoms. The number of nitrogens with one attached hydrogen (secondary N) is 1. The zero-order valence-electron chi connectivity index (χ0n) is 17.2. The molecule has 170 valence electrons. The molecule has 0 aliphatic carbocycles. The van der Waals surface area contributed by atoms with Crippen molar-refractivity contribution >= 4 is 23.4 Å². The van der Waals surface area contributed by atoms with Crippen LogP contribution in [0, 0.1) is 0 Å². The van der Waals surface area contributed by atoms with Gasteiger partial charge in [-0.2, -0.15) is 13.2 Å². The van der Waals surface area contributed by atoms with Crippen molar-refractivity contribution in [2.75, 3.05) is 26.2 Å². The van der Waals surface area contributed by atoms with Gasteiger partial charge in [-0.25, -0.2) is 4.79 Å². The number of hydrogen-bond acceptors (Lipinski definition) is 4. The molecular weight excluding hydrogens is 415 g/mol. The maximum absolute atomic E-state index is 11.8. The minimum Gasteiger partial charge on any atom is -0.475 e. The number of carboxylic acid groups (broad SMARTS) is 1. The number of carbonyl (C=O) groups is 3. The highest BCUT2D eigenvalue weighted by molar-refractivity contribution is 5.98. The van der Waals surface area contributed by atoms with Gasteiger partial charge in [0, 0.05) is 32.1 Å². The van der Waals surface area contributed by atoms with Crippen molar-refractivity contribution in [2.24, 2.45) is 5.73 Å². The van der Waals surface area contributed by atoms with Crippen molar-refractivity contribution in [2.45, 2.75) is 38.3 Å². The number of benzene rings is 1. The van der Waals surface area contributed by atoms with Crippen molar-refractivity contribution in [3.05, 3.63) is 41.0 Å². The lowest BCUT2D eigenvalue weighted by atomic mass is 9.85. The van der Waals surface area contributed by atoms with Crippen LogP contribution in [-0.4, -0.2) is 60.1 Å². The van der Waals surface area contributed by atoms with Crippen molar-refractivity contribution < 1.29 is 32.7 Å². The molecule has 2 heterocycles. The predicted molar refractivity (Wildman–Crippen MR) is 108 cm³/mol. The van der Waals surface area contributed by atoms with Crippen LogP contribution in [0.2, 0.25) is 0 Å². The molecule has 0 unspecified atom stereocenters. The number of halogens is 3. The molecule has 1 saturated heterocycles. The number of likely N-dealkylation sites (tertiary alicyclic amines) is 1. The van der Waals surface area contributed by atoms with Crippen LogP contribution in [0.3, 0.4) is 0 Å². The Morgan fingerprint density at radius 2 is 1.81 bits per heavy atom. The Balaban J connectivity index is 0.000000423. The summed E-state index contributed by atoms with van der Waals surface area (Å²) in [5.41, 5.74) is 9.51. The summed E-state index contributed by atoms with van der Waals surface area (Å²) in [5, 5.41) is 10.5. The van der Waals surface area contributed by atoms with Gasteiger partial charge >= 0.3 is 12.1 Å². The van der Waals surface area contributed by atoms with E-state index < -0.39 is 12.1 Å². The summed E-state index contributed by atoms with van der Waals surface area (Å²) in [6, 6.07) is 6.02. The average Bonchev–Trinajstić information content (AvgIpc) is 2.73. The Bertz CT molecular complexity index is 860. The topological polar surface area (TPSA) is 113 Å². The quantitative estimate of drug-likeness (QED) is 0.667. The van der Waals surface area contributed by atoms with Crippen molar-refractivity contribution in [1.82, 2.24) is 10.2 Å². The smallest absolute Gasteiger partial charge is 0.475 e. The second-order valence-electron chi connectivity index (χ2n) is 7.45. The van der Waals surface area contributed by atoms with Gasteiger partial charge in [0.1, 0.15) is 0 Å². The first-order chi connectivity index (χ1) is 14.5. The third-order valence-electron chi connectivity index (χ3n) is 5.34. The largest absolute Gasteiger partial charge is 0.490 e. The molecule has 0 saturated carbocycles. The van der Waals surface area contributed by atoms with Gasteiger partial charge in [-0.1, -0.05) is 18.2 Å². The van der Waals surface area contributed by atoms with Crippen molar-refractivity contribution in [1.29, 1.82) is 0 Å². The maximum atomic E-state index is 11.8. The van der Waals surface area contributed by atoms with E-state index in [9.17, 15) is 22.8 Å². The fourth-order valence-electron chi connectivity index (χ4n) is 3.67. The van der Waals surface area contributed by atoms with E-state index in [-0.39, 0.29) is 11.8 Å². The lowest BCUT2D eigenvalue weighted by Crippen LogP contribution is -2.36. The highest BCUT2D eigenvalue weighted by Crippen LogP contribution is 2.31. The Morgan fingerprint density at radius 1 is 1.19 bits per heavy atom. The van der Waals surface area contributed by atoms with Crippen LogP contribution in [0.25, 0.3) is 5.57 Å². The average molecular weight is 441 g/mol. The molecule has 2 amide bonds. The van der Waals surface area contributed by atoms with Gasteiger partial charge in [-0.15, -0.1) is 0 Å². The minimum atomic E-state index is -5.08. The van der Waals surface area contributed by atoms with Crippen LogP contribution in [0.1, 0.15) is 53.6 Å². The van der Waals surface area contributed by atoms with Crippen LogP contribution in [0.15, 0.2) is 24.3 Å². The number of nitrogens with zero attached hydrogens (tertiary/aromatic N) is 1. The van der Waals surface area contributed by atoms with E-state index in [0.717, 1.165) is 56.6 Å². The Morgan fingerprint density at radius 3 is 2.26 bits per heavy atom. The second-order valence-corrected chi connectivity index (χ2v) is 7.45. The second kappa shape index (κ2) is 10.4. The molecule has 2 aliphatic rings. The number of carbonyl (C=O) groups excluding carboxylic acids is 2. The van der Waals surface area contributed by atoms with Gasteiger partial charge in [0.15, 0.2) is 0 Å². The summed E-state index contributed by atoms with van der Waals surface area (Å²) in [5.74, 6) is -2.56. The highest BCUT2D eigenvalue weighted by Gasteiger charge is 2.38. The minimum absolute atomic E-state index is 0.150. The predicted octanol–water partition coefficient (Wildman–Crippen LogP) is 2.52. The lowest BCUT2D eigenvalue weighted by molar-refractivity contribution is -0.192. The molecule has 4 N–H and O–H groups in total. The van der Waals surface area contributed by atoms with Gasteiger partial charge in [0.05, 0.1) is 0 Å². The fraction of sp³-hybridized carbons (Fsp3) is 0.476. The number of alkyl halides is 3. The van der Waals surface area contributed by atoms with Crippen molar-refractivity contribution in [3.63, 3.8) is 0 Å². The number of rotatable bonds is 3. The number of piperidine rings is 1. The van der Waals surface area contributed by atoms with Crippen LogP contribution >= 0.6 is 0 Å². The molecule has 7 nitrogen and oxygen atoms in total. The molecule has 31 heavy (non-hydrogen) atoms. The Hall–Kier alpha value is -2.88. The SMILES string of the molecule is CC(=O)N1CCC(c2ccc(C(N)=O)c(C3=CCCNC3)c2)CC1.O=C(O)C(F)(F)F. The lowest BCUT2D eigenvalue weighted by Gasteiger charge is -2.32. The molecule has 1 fully saturated rings. The van der Waals surface area contributed by atoms with Crippen LogP contribution in [0.5, 0.6) is 0 Å². The number of nitrogens with two attached hydrogens (primary N) is 1. The molecule has 0 spiro atoms. The highest BCUT2D eigenvalue weighted by atomic mass is 19.4. The first kappa shape index (κ1) is 24.4. The first-order valence-electron chi connectivity index (χ1n) is 9.90. The van der Waals surface area contributed by atoms with Gasteiger partial charge in [-0.05, 0) is 54.5 Å². The summed E-state index contributed by atoms with van der Waals surface area (Å²) in [6.07, 6.45) is 0.00758. The van der Waals surface area contributed by atoms with E-state index in [4.69, 9.17) is 15.6 Å². The number of hydrogen-bond donors (Lipinski definition) is 3. The van der Waals surface area contributed by atoms with Crippen molar-refractivity contribution in [3.8, 4) is 0 Å². The molecule has 10 heteroatoms. The molecule has 0 aromatic heterocycles. The molecule has 2 aliphatic heterocycles. The Kier molecular flexibility index (Phi) is 8.21. The van der Waals surface area contributed by atoms with Crippen LogP contribution in [0.4, 0.5) is 13.2 Å². The maximum Gasteiger partial charge on any atom is 0.490 e. The normalized spacial score (nSPS) is 17.3. The third kappa shape index (κ3) is 6.81. The molecule has 3 rings (SSSR count). The molecule has 0 radical (unpaired) electrons. The first-order valence-corrected chi connectivity index (χ1v) is 9.90. The van der Waals surface area contributed by atoms with E-state index >= 15 is 0 Å². The Labute approximate surface area is 178 Å². The molecule has 0 atom stereocenters. The number of primary amides is 1. The summed E-state index contributed by atoms with van der Waals surface area (Å²) < 4.78 is 31.7. The number of amides is 2. The zero-order valence-corrected chi connectivity index (χ0v) is 17.2. The van der Waals surface area contributed by atoms with Gasteiger partial charge in [-0.3, -0.25) is 9.59 Å². The molecule has 1 aromatic rings. The molecule has 1 aromatic carbocycles. The summed E-state index contributed by atoms with van der Waals surface area (Å²) in [7, 11) is 0. The van der Waals surface area contributed by atoms with E-state index in [1.54, 1.807) is 6.92 Å². The zero-order chi connectivity index (χ0) is 23.2. The van der Waals surface area contributed by atoms with Gasteiger partial charge in [0.2, 0.25) is 11.8 Å². The van der Waals surface area contributed by atoms with E-state index in [1.165, 1.54) is 5.56 Å². The standard InChI is InChI=1S/C19H25N3O2.C2HF3O2/c1-13(23)22-9-6-14(7-10-22)15-4-5-17(19(20)24)18(11-15)16-3-2-8-21-12-16;3-2(4,5)1(6)7/h3-5,11,14,21H,2,6-10,12H2,1H3,(H2,20,24);(H,6,7). The summed E-state index contributed by atoms with van der Waals surface area (Å²) >= 11 is 0. The summed E-state index contributed by atoms with van der Waals surface area (Å²) in [4.78, 5) is 34.1. The van der Waals surface area contributed by atoms with Crippen LogP contribution < -0.4 is 11.1 Å². The van der Waals surface area contributed by atoms with Crippen LogP contribution in [-0.2, 0) is 9.59 Å². The number of carboxylic acids is 1. The fourth-order valence-corrected chi connectivity index (χ4v) is 3.67. The van der Waals surface area contributed by atoms with E-state index in [0.29, 0.717) is 11.5 Å². The molecular formula is C21H26F3N3O4. The monoisotopic (exact) mass is 441 g/mol.